The maximum Gasteiger partial charge on any atom is 0.407 e. The summed E-state index contributed by atoms with van der Waals surface area (Å²) in [5.41, 5.74) is 2.05. The van der Waals surface area contributed by atoms with Crippen LogP contribution in [0.3, 0.4) is 0 Å². The van der Waals surface area contributed by atoms with E-state index in [0.717, 1.165) is 32.0 Å². The number of amides is 1. The van der Waals surface area contributed by atoms with E-state index in [0.29, 0.717) is 33.1 Å². The van der Waals surface area contributed by atoms with Crippen LogP contribution < -0.4 is 10.1 Å². The molecule has 2 heterocycles. The minimum absolute atomic E-state index is 0.0373. The summed E-state index contributed by atoms with van der Waals surface area (Å²) in [6.45, 7) is 5.51. The van der Waals surface area contributed by atoms with Gasteiger partial charge < -0.3 is 14.8 Å². The molecule has 1 fully saturated rings. The van der Waals surface area contributed by atoms with Crippen LogP contribution in [-0.4, -0.2) is 41.1 Å². The van der Waals surface area contributed by atoms with Gasteiger partial charge in [-0.3, -0.25) is 9.78 Å². The van der Waals surface area contributed by atoms with Gasteiger partial charge in [0.25, 0.3) is 0 Å². The van der Waals surface area contributed by atoms with Crippen molar-refractivity contribution < 1.29 is 19.1 Å². The Bertz CT molecular complexity index is 992. The quantitative estimate of drug-likeness (QED) is 0.516. The Hall–Kier alpha value is -2.67. The summed E-state index contributed by atoms with van der Waals surface area (Å²) in [4.78, 5) is 32.7. The zero-order valence-corrected chi connectivity index (χ0v) is 19.0. The highest BCUT2D eigenvalue weighted by atomic mass is 35.5. The number of aldehydes is 1. The average molecular weight is 446 g/mol. The summed E-state index contributed by atoms with van der Waals surface area (Å²) in [7, 11) is 1.54. The molecule has 1 aliphatic carbocycles. The summed E-state index contributed by atoms with van der Waals surface area (Å²) < 4.78 is 10.6. The lowest BCUT2D eigenvalue weighted by Gasteiger charge is -2.30. The molecule has 0 aromatic carbocycles. The number of nitrogens with one attached hydrogen (secondary N) is 1. The van der Waals surface area contributed by atoms with Crippen molar-refractivity contribution in [1.82, 2.24) is 15.3 Å². The second kappa shape index (κ2) is 9.64. The van der Waals surface area contributed by atoms with Gasteiger partial charge in [-0.1, -0.05) is 11.6 Å². The number of pyridine rings is 2. The monoisotopic (exact) mass is 445 g/mol. The predicted molar refractivity (Wildman–Crippen MR) is 120 cm³/mol. The molecule has 7 nitrogen and oxygen atoms in total. The minimum Gasteiger partial charge on any atom is -0.481 e. The van der Waals surface area contributed by atoms with Crippen LogP contribution in [-0.2, 0) is 9.53 Å². The Labute approximate surface area is 187 Å². The van der Waals surface area contributed by atoms with Gasteiger partial charge >= 0.3 is 6.09 Å². The van der Waals surface area contributed by atoms with Gasteiger partial charge in [0.15, 0.2) is 0 Å². The van der Waals surface area contributed by atoms with E-state index in [9.17, 15) is 9.59 Å². The molecule has 1 N–H and O–H groups in total. The average Bonchev–Trinajstić information content (AvgIpc) is 2.72. The summed E-state index contributed by atoms with van der Waals surface area (Å²) in [6, 6.07) is 3.58. The van der Waals surface area contributed by atoms with Crippen molar-refractivity contribution in [3.05, 3.63) is 34.5 Å². The summed E-state index contributed by atoms with van der Waals surface area (Å²) in [6.07, 6.45) is 6.95. The van der Waals surface area contributed by atoms with Gasteiger partial charge in [-0.05, 0) is 70.1 Å². The molecule has 0 unspecified atom stereocenters. The van der Waals surface area contributed by atoms with Crippen LogP contribution in [0.2, 0.25) is 5.02 Å². The number of rotatable bonds is 5. The van der Waals surface area contributed by atoms with Crippen molar-refractivity contribution in [3.8, 4) is 5.88 Å². The molecule has 166 valence electrons. The van der Waals surface area contributed by atoms with Gasteiger partial charge in [-0.25, -0.2) is 9.78 Å². The SMILES string of the molecule is COc1ccc2ncc(Cl)c(C=C(C=O)C3CCC(NC(=O)OC(C)(C)C)CC3)c2n1. The molecule has 0 atom stereocenters. The number of hydrogen-bond acceptors (Lipinski definition) is 6. The van der Waals surface area contributed by atoms with E-state index in [1.165, 1.54) is 0 Å². The molecule has 0 saturated heterocycles. The lowest BCUT2D eigenvalue weighted by Crippen LogP contribution is -2.41. The zero-order chi connectivity index (χ0) is 22.6. The number of hydrogen-bond donors (Lipinski definition) is 1. The number of allylic oxidation sites excluding steroid dienone is 1. The lowest BCUT2D eigenvalue weighted by atomic mass is 9.81. The fourth-order valence-corrected chi connectivity index (χ4v) is 3.95. The number of ether oxygens (including phenoxy) is 2. The van der Waals surface area contributed by atoms with Crippen molar-refractivity contribution >= 4 is 41.1 Å². The van der Waals surface area contributed by atoms with E-state index >= 15 is 0 Å². The van der Waals surface area contributed by atoms with Gasteiger partial charge in [-0.15, -0.1) is 0 Å². The van der Waals surface area contributed by atoms with Gasteiger partial charge in [0, 0.05) is 23.9 Å². The van der Waals surface area contributed by atoms with Crippen molar-refractivity contribution in [2.24, 2.45) is 5.92 Å². The van der Waals surface area contributed by atoms with Crippen LogP contribution in [0, 0.1) is 5.92 Å². The standard InChI is InChI=1S/C23H28ClN3O4/c1-23(2,3)31-22(29)26-16-7-5-14(6-8-16)15(13-28)11-17-18(24)12-25-19-9-10-20(30-4)27-21(17)19/h9-14,16H,5-8H2,1-4H3,(H,26,29). The first-order chi connectivity index (χ1) is 14.7. The molecule has 0 radical (unpaired) electrons. The van der Waals surface area contributed by atoms with Gasteiger partial charge in [0.2, 0.25) is 5.88 Å². The van der Waals surface area contributed by atoms with E-state index in [1.807, 2.05) is 26.8 Å². The lowest BCUT2D eigenvalue weighted by molar-refractivity contribution is -0.105. The van der Waals surface area contributed by atoms with Crippen LogP contribution in [0.5, 0.6) is 5.88 Å². The minimum atomic E-state index is -0.530. The van der Waals surface area contributed by atoms with Crippen LogP contribution in [0.25, 0.3) is 17.1 Å². The van der Waals surface area contributed by atoms with Crippen molar-refractivity contribution in [3.63, 3.8) is 0 Å². The van der Waals surface area contributed by atoms with Gasteiger partial charge in [0.05, 0.1) is 17.6 Å². The third-order valence-corrected chi connectivity index (χ3v) is 5.55. The van der Waals surface area contributed by atoms with E-state index in [4.69, 9.17) is 21.1 Å². The number of fused-ring (bicyclic) bond motifs is 1. The van der Waals surface area contributed by atoms with E-state index in [2.05, 4.69) is 15.3 Å². The van der Waals surface area contributed by atoms with Crippen LogP contribution in [0.4, 0.5) is 4.79 Å². The largest absolute Gasteiger partial charge is 0.481 e. The zero-order valence-electron chi connectivity index (χ0n) is 18.3. The highest BCUT2D eigenvalue weighted by molar-refractivity contribution is 6.33. The first-order valence-corrected chi connectivity index (χ1v) is 10.7. The highest BCUT2D eigenvalue weighted by Crippen LogP contribution is 2.33. The molecule has 1 aliphatic rings. The third kappa shape index (κ3) is 5.94. The molecular formula is C23H28ClN3O4. The Morgan fingerprint density at radius 3 is 2.55 bits per heavy atom. The van der Waals surface area contributed by atoms with Crippen LogP contribution in [0.15, 0.2) is 23.9 Å². The normalized spacial score (nSPS) is 19.7. The molecule has 2 aromatic heterocycles. The summed E-state index contributed by atoms with van der Waals surface area (Å²) >= 11 is 6.41. The Balaban J connectivity index is 1.76. The number of aromatic nitrogens is 2. The van der Waals surface area contributed by atoms with Crippen molar-refractivity contribution in [1.29, 1.82) is 0 Å². The Morgan fingerprint density at radius 1 is 1.23 bits per heavy atom. The molecule has 0 spiro atoms. The number of nitrogens with zero attached hydrogens (tertiary/aromatic N) is 2. The van der Waals surface area contributed by atoms with Crippen molar-refractivity contribution in [2.75, 3.05) is 7.11 Å². The molecule has 8 heteroatoms. The first kappa shape index (κ1) is 23.0. The van der Waals surface area contributed by atoms with E-state index in [-0.39, 0.29) is 12.0 Å². The predicted octanol–water partition coefficient (Wildman–Crippen LogP) is 4.96. The number of alkyl carbamates (subject to hydrolysis) is 1. The second-order valence-electron chi connectivity index (χ2n) is 8.70. The Morgan fingerprint density at radius 2 is 1.94 bits per heavy atom. The topological polar surface area (TPSA) is 90.4 Å². The molecular weight excluding hydrogens is 418 g/mol. The molecule has 0 aliphatic heterocycles. The molecule has 0 bridgehead atoms. The maximum absolute atomic E-state index is 12.0. The van der Waals surface area contributed by atoms with Gasteiger partial charge in [-0.2, -0.15) is 0 Å². The van der Waals surface area contributed by atoms with Gasteiger partial charge in [0.1, 0.15) is 17.4 Å². The first-order valence-electron chi connectivity index (χ1n) is 10.4. The maximum atomic E-state index is 12.0. The second-order valence-corrected chi connectivity index (χ2v) is 9.11. The number of halogens is 1. The number of carbonyl (C=O) groups is 2. The van der Waals surface area contributed by atoms with E-state index in [1.54, 1.807) is 25.4 Å². The third-order valence-electron chi connectivity index (χ3n) is 5.25. The molecule has 1 amide bonds. The fraction of sp³-hybridized carbons (Fsp3) is 0.478. The Kier molecular flexibility index (Phi) is 7.15. The molecule has 31 heavy (non-hydrogen) atoms. The molecule has 1 saturated carbocycles. The smallest absolute Gasteiger partial charge is 0.407 e. The summed E-state index contributed by atoms with van der Waals surface area (Å²) in [5, 5.41) is 3.35. The van der Waals surface area contributed by atoms with Crippen LogP contribution >= 0.6 is 11.6 Å². The van der Waals surface area contributed by atoms with Crippen molar-refractivity contribution in [2.45, 2.75) is 58.1 Å². The fourth-order valence-electron chi connectivity index (χ4n) is 3.76. The highest BCUT2D eigenvalue weighted by Gasteiger charge is 2.27. The molecule has 2 aromatic rings. The number of methoxy groups -OCH3 is 1. The van der Waals surface area contributed by atoms with E-state index < -0.39 is 11.7 Å². The number of carbonyl (C=O) groups excluding carboxylic acids is 2. The van der Waals surface area contributed by atoms with Crippen LogP contribution in [0.1, 0.15) is 52.0 Å². The summed E-state index contributed by atoms with van der Waals surface area (Å²) in [5.74, 6) is 0.534. The molecule has 3 rings (SSSR count).